The van der Waals surface area contributed by atoms with E-state index in [0.29, 0.717) is 5.57 Å². The molecule has 0 saturated heterocycles. The Hall–Kier alpha value is -1.26. The Kier molecular flexibility index (Phi) is 3.25. The van der Waals surface area contributed by atoms with Crippen molar-refractivity contribution in [2.45, 2.75) is 18.1 Å². The summed E-state index contributed by atoms with van der Waals surface area (Å²) in [4.78, 5) is 0. The fourth-order valence-electron chi connectivity index (χ4n) is 1.80. The average molecular weight is 274 g/mol. The molecule has 2 N–H and O–H groups in total. The van der Waals surface area contributed by atoms with Crippen LogP contribution in [0.1, 0.15) is 12.0 Å². The normalized spacial score (nSPS) is 24.5. The van der Waals surface area contributed by atoms with E-state index >= 15 is 0 Å². The van der Waals surface area contributed by atoms with Gasteiger partial charge in [-0.25, -0.2) is 0 Å². The van der Waals surface area contributed by atoms with Crippen LogP contribution in [0.4, 0.5) is 13.2 Å². The quantitative estimate of drug-likeness (QED) is 0.826. The number of allylic oxidation sites excluding steroid dienone is 2. The summed E-state index contributed by atoms with van der Waals surface area (Å²) in [7, 11) is 0. The summed E-state index contributed by atoms with van der Waals surface area (Å²) in [5.74, 6) is 0. The van der Waals surface area contributed by atoms with Gasteiger partial charge in [0.15, 0.2) is 0 Å². The SMILES string of the molecule is NC1(C(F)(F)F)C=CC(c2ccccc2)=C(Cl)C1. The minimum absolute atomic E-state index is 0.128. The molecule has 0 aromatic heterocycles. The fourth-order valence-corrected chi connectivity index (χ4v) is 2.19. The lowest BCUT2D eigenvalue weighted by atomic mass is 9.87. The third-order valence-corrected chi connectivity index (χ3v) is 3.24. The first-order chi connectivity index (χ1) is 8.33. The monoisotopic (exact) mass is 273 g/mol. The van der Waals surface area contributed by atoms with Crippen LogP contribution in [0.15, 0.2) is 47.5 Å². The van der Waals surface area contributed by atoms with E-state index in [4.69, 9.17) is 17.3 Å². The largest absolute Gasteiger partial charge is 0.410 e. The minimum Gasteiger partial charge on any atom is -0.314 e. The molecule has 0 fully saturated rings. The van der Waals surface area contributed by atoms with Crippen molar-refractivity contribution in [2.24, 2.45) is 5.73 Å². The second kappa shape index (κ2) is 4.44. The van der Waals surface area contributed by atoms with Gasteiger partial charge < -0.3 is 5.73 Å². The highest BCUT2D eigenvalue weighted by Crippen LogP contribution is 2.41. The predicted molar refractivity (Wildman–Crippen MR) is 65.9 cm³/mol. The number of hydrogen-bond donors (Lipinski definition) is 1. The van der Waals surface area contributed by atoms with Gasteiger partial charge in [-0.05, 0) is 11.1 Å². The number of rotatable bonds is 1. The van der Waals surface area contributed by atoms with Crippen molar-refractivity contribution in [2.75, 3.05) is 0 Å². The maximum absolute atomic E-state index is 12.8. The zero-order valence-corrected chi connectivity index (χ0v) is 10.1. The van der Waals surface area contributed by atoms with E-state index in [0.717, 1.165) is 11.6 Å². The molecule has 1 aliphatic rings. The van der Waals surface area contributed by atoms with Gasteiger partial charge in [0.2, 0.25) is 0 Å². The van der Waals surface area contributed by atoms with Crippen LogP contribution in [0.5, 0.6) is 0 Å². The van der Waals surface area contributed by atoms with E-state index in [1.54, 1.807) is 24.3 Å². The molecule has 1 aromatic carbocycles. The van der Waals surface area contributed by atoms with Gasteiger partial charge in [-0.3, -0.25) is 0 Å². The van der Waals surface area contributed by atoms with E-state index in [1.807, 2.05) is 6.07 Å². The molecule has 1 aliphatic carbocycles. The molecule has 0 bridgehead atoms. The fraction of sp³-hybridized carbons (Fsp3) is 0.231. The molecule has 2 rings (SSSR count). The van der Waals surface area contributed by atoms with Gasteiger partial charge in [-0.2, -0.15) is 13.2 Å². The van der Waals surface area contributed by atoms with Crippen molar-refractivity contribution in [3.8, 4) is 0 Å². The molecule has 0 heterocycles. The van der Waals surface area contributed by atoms with Gasteiger partial charge in [0.25, 0.3) is 0 Å². The predicted octanol–water partition coefficient (Wildman–Crippen LogP) is 3.86. The lowest BCUT2D eigenvalue weighted by Crippen LogP contribution is -2.52. The second-order valence-corrected chi connectivity index (χ2v) is 4.69. The molecule has 1 unspecified atom stereocenters. The molecular formula is C13H11ClF3N. The van der Waals surface area contributed by atoms with Gasteiger partial charge in [-0.15, -0.1) is 0 Å². The standard InChI is InChI=1S/C13H11ClF3N/c14-11-8-12(18,13(15,16)17)7-6-10(11)9-4-2-1-3-5-9/h1-7H,8,18H2. The summed E-state index contributed by atoms with van der Waals surface area (Å²) in [6, 6.07) is 9.01. The third-order valence-electron chi connectivity index (χ3n) is 2.90. The van der Waals surface area contributed by atoms with Crippen LogP contribution in [0.2, 0.25) is 0 Å². The number of alkyl halides is 3. The van der Waals surface area contributed by atoms with Crippen molar-refractivity contribution in [1.82, 2.24) is 0 Å². The Morgan fingerprint density at radius 2 is 1.78 bits per heavy atom. The first-order valence-corrected chi connectivity index (χ1v) is 5.70. The van der Waals surface area contributed by atoms with Crippen molar-refractivity contribution < 1.29 is 13.2 Å². The first-order valence-electron chi connectivity index (χ1n) is 5.32. The summed E-state index contributed by atoms with van der Waals surface area (Å²) in [5, 5.41) is 0.128. The van der Waals surface area contributed by atoms with Crippen molar-refractivity contribution in [3.63, 3.8) is 0 Å². The van der Waals surface area contributed by atoms with Crippen LogP contribution >= 0.6 is 11.6 Å². The van der Waals surface area contributed by atoms with Crippen LogP contribution < -0.4 is 5.73 Å². The third kappa shape index (κ3) is 2.31. The number of hydrogen-bond acceptors (Lipinski definition) is 1. The highest BCUT2D eigenvalue weighted by molar-refractivity contribution is 6.33. The van der Waals surface area contributed by atoms with Crippen molar-refractivity contribution in [3.05, 3.63) is 53.1 Å². The summed E-state index contributed by atoms with van der Waals surface area (Å²) in [6.07, 6.45) is -2.62. The number of benzene rings is 1. The molecule has 0 radical (unpaired) electrons. The molecule has 96 valence electrons. The van der Waals surface area contributed by atoms with E-state index in [-0.39, 0.29) is 5.03 Å². The molecule has 0 aliphatic heterocycles. The van der Waals surface area contributed by atoms with Crippen LogP contribution in [0.3, 0.4) is 0 Å². The first kappa shape index (κ1) is 13.2. The molecule has 1 nitrogen and oxygen atoms in total. The molecule has 18 heavy (non-hydrogen) atoms. The Bertz CT molecular complexity index is 505. The maximum atomic E-state index is 12.8. The maximum Gasteiger partial charge on any atom is 0.410 e. The Labute approximate surface area is 108 Å². The molecular weight excluding hydrogens is 263 g/mol. The summed E-state index contributed by atoms with van der Waals surface area (Å²) in [6.45, 7) is 0. The van der Waals surface area contributed by atoms with Crippen LogP contribution in [-0.2, 0) is 0 Å². The van der Waals surface area contributed by atoms with Crippen LogP contribution in [-0.4, -0.2) is 11.7 Å². The lowest BCUT2D eigenvalue weighted by molar-refractivity contribution is -0.171. The minimum atomic E-state index is -4.51. The molecule has 0 amide bonds. The zero-order valence-electron chi connectivity index (χ0n) is 9.34. The van der Waals surface area contributed by atoms with Gasteiger partial charge in [0.05, 0.1) is 0 Å². The summed E-state index contributed by atoms with van der Waals surface area (Å²) in [5.41, 5.74) is 4.33. The van der Waals surface area contributed by atoms with Crippen molar-refractivity contribution in [1.29, 1.82) is 0 Å². The number of halogens is 4. The Morgan fingerprint density at radius 3 is 2.28 bits per heavy atom. The van der Waals surface area contributed by atoms with E-state index in [2.05, 4.69) is 0 Å². The van der Waals surface area contributed by atoms with E-state index in [1.165, 1.54) is 6.08 Å². The van der Waals surface area contributed by atoms with Crippen LogP contribution in [0.25, 0.3) is 5.57 Å². The number of nitrogens with two attached hydrogens (primary N) is 1. The highest BCUT2D eigenvalue weighted by Gasteiger charge is 2.51. The molecule has 1 aromatic rings. The van der Waals surface area contributed by atoms with Gasteiger partial charge >= 0.3 is 6.18 Å². The van der Waals surface area contributed by atoms with Gasteiger partial charge in [0, 0.05) is 11.5 Å². The second-order valence-electron chi connectivity index (χ2n) is 4.23. The summed E-state index contributed by atoms with van der Waals surface area (Å²) < 4.78 is 38.3. The van der Waals surface area contributed by atoms with Gasteiger partial charge in [-0.1, -0.05) is 54.1 Å². The molecule has 5 heteroatoms. The zero-order chi connectivity index (χ0) is 13.4. The Morgan fingerprint density at radius 1 is 1.17 bits per heavy atom. The summed E-state index contributed by atoms with van der Waals surface area (Å²) >= 11 is 5.96. The van der Waals surface area contributed by atoms with Crippen LogP contribution in [0, 0.1) is 0 Å². The average Bonchev–Trinajstić information content (AvgIpc) is 2.28. The molecule has 1 atom stereocenters. The van der Waals surface area contributed by atoms with E-state index in [9.17, 15) is 13.2 Å². The lowest BCUT2D eigenvalue weighted by Gasteiger charge is -2.31. The van der Waals surface area contributed by atoms with E-state index < -0.39 is 18.1 Å². The van der Waals surface area contributed by atoms with Gasteiger partial charge in [0.1, 0.15) is 5.54 Å². The smallest absolute Gasteiger partial charge is 0.314 e. The Balaban J connectivity index is 2.35. The van der Waals surface area contributed by atoms with Crippen molar-refractivity contribution >= 4 is 17.2 Å². The molecule has 0 saturated carbocycles. The highest BCUT2D eigenvalue weighted by atomic mass is 35.5. The topological polar surface area (TPSA) is 26.0 Å². The molecule has 0 spiro atoms.